The largest absolute Gasteiger partial charge is 0.396 e. The summed E-state index contributed by atoms with van der Waals surface area (Å²) in [7, 11) is 0. The van der Waals surface area contributed by atoms with Crippen molar-refractivity contribution in [1.29, 1.82) is 0 Å². The van der Waals surface area contributed by atoms with Gasteiger partial charge in [0.1, 0.15) is 10.8 Å². The predicted octanol–water partition coefficient (Wildman–Crippen LogP) is 1.69. The Balaban J connectivity index is 1.94. The first-order valence-corrected chi connectivity index (χ1v) is 7.63. The highest BCUT2D eigenvalue weighted by molar-refractivity contribution is 6.32. The second-order valence-corrected chi connectivity index (χ2v) is 5.78. The van der Waals surface area contributed by atoms with Crippen LogP contribution in [0.4, 0.5) is 5.82 Å². The zero-order valence-corrected chi connectivity index (χ0v) is 12.8. The van der Waals surface area contributed by atoms with Crippen LogP contribution in [0, 0.1) is 5.92 Å². The van der Waals surface area contributed by atoms with Gasteiger partial charge in [0.05, 0.1) is 0 Å². The number of H-pyrrole nitrogens is 1. The van der Waals surface area contributed by atoms with Crippen LogP contribution in [-0.4, -0.2) is 39.8 Å². The van der Waals surface area contributed by atoms with Crippen LogP contribution < -0.4 is 10.5 Å². The van der Waals surface area contributed by atoms with Crippen LogP contribution in [0.2, 0.25) is 5.02 Å². The van der Waals surface area contributed by atoms with Gasteiger partial charge in [-0.3, -0.25) is 9.78 Å². The summed E-state index contributed by atoms with van der Waals surface area (Å²) in [6.07, 6.45) is 5.03. The van der Waals surface area contributed by atoms with Crippen LogP contribution in [0.15, 0.2) is 29.3 Å². The molecule has 1 saturated heterocycles. The zero-order chi connectivity index (χ0) is 15.5. The minimum atomic E-state index is -0.345. The molecule has 2 aromatic rings. The molecule has 0 unspecified atom stereocenters. The summed E-state index contributed by atoms with van der Waals surface area (Å²) >= 11 is 6.15. The van der Waals surface area contributed by atoms with Crippen LogP contribution >= 0.6 is 11.6 Å². The highest BCUT2D eigenvalue weighted by Crippen LogP contribution is 2.27. The first-order valence-electron chi connectivity index (χ1n) is 7.25. The number of nitrogens with one attached hydrogen (secondary N) is 1. The molecule has 0 aliphatic carbocycles. The molecule has 2 N–H and O–H groups in total. The lowest BCUT2D eigenvalue weighted by Gasteiger charge is -2.32. The van der Waals surface area contributed by atoms with Gasteiger partial charge in [0.15, 0.2) is 5.82 Å². The minimum absolute atomic E-state index is 0.111. The van der Waals surface area contributed by atoms with Gasteiger partial charge in [0, 0.05) is 37.7 Å². The minimum Gasteiger partial charge on any atom is -0.396 e. The molecule has 3 heterocycles. The van der Waals surface area contributed by atoms with E-state index in [1.165, 1.54) is 0 Å². The van der Waals surface area contributed by atoms with Gasteiger partial charge in [-0.1, -0.05) is 11.6 Å². The fraction of sp³-hybridized carbons (Fsp3) is 0.400. The van der Waals surface area contributed by atoms with Crippen molar-refractivity contribution in [3.8, 4) is 11.4 Å². The fourth-order valence-electron chi connectivity index (χ4n) is 2.63. The zero-order valence-electron chi connectivity index (χ0n) is 12.0. The lowest BCUT2D eigenvalue weighted by Crippen LogP contribution is -2.36. The Hall–Kier alpha value is -1.92. The number of aromatic amines is 1. The molecule has 0 atom stereocenters. The molecule has 0 saturated carbocycles. The van der Waals surface area contributed by atoms with Gasteiger partial charge in [-0.05, 0) is 30.9 Å². The van der Waals surface area contributed by atoms with E-state index in [9.17, 15) is 9.90 Å². The van der Waals surface area contributed by atoms with Crippen molar-refractivity contribution in [3.05, 3.63) is 39.9 Å². The summed E-state index contributed by atoms with van der Waals surface area (Å²) in [4.78, 5) is 25.3. The molecular formula is C15H17ClN4O2. The van der Waals surface area contributed by atoms with E-state index < -0.39 is 0 Å². The fourth-order valence-corrected chi connectivity index (χ4v) is 2.84. The topological polar surface area (TPSA) is 82.1 Å². The third-order valence-corrected chi connectivity index (χ3v) is 4.31. The van der Waals surface area contributed by atoms with E-state index in [-0.39, 0.29) is 17.2 Å². The quantitative estimate of drug-likeness (QED) is 0.899. The summed E-state index contributed by atoms with van der Waals surface area (Å²) in [5.74, 6) is 1.31. The Kier molecular flexibility index (Phi) is 4.40. The third-order valence-electron chi connectivity index (χ3n) is 3.97. The average Bonchev–Trinajstić information content (AvgIpc) is 2.58. The lowest BCUT2D eigenvalue weighted by atomic mass is 9.98. The molecule has 1 aliphatic heterocycles. The van der Waals surface area contributed by atoms with E-state index in [1.807, 2.05) is 4.90 Å². The molecule has 22 heavy (non-hydrogen) atoms. The molecule has 2 aromatic heterocycles. The predicted molar refractivity (Wildman–Crippen MR) is 85.1 cm³/mol. The SMILES string of the molecule is O=c1[nH]c(-c2ccncc2)nc(N2CCC(CO)CC2)c1Cl. The molecule has 0 amide bonds. The lowest BCUT2D eigenvalue weighted by molar-refractivity contribution is 0.203. The normalized spacial score (nSPS) is 16.0. The molecule has 3 rings (SSSR count). The van der Waals surface area contributed by atoms with Crippen molar-refractivity contribution in [2.24, 2.45) is 5.92 Å². The first kappa shape index (κ1) is 15.0. The Bertz CT molecular complexity index is 696. The number of aromatic nitrogens is 3. The summed E-state index contributed by atoms with van der Waals surface area (Å²) in [6, 6.07) is 3.57. The van der Waals surface area contributed by atoms with Crippen LogP contribution in [0.3, 0.4) is 0 Å². The number of halogens is 1. The Morgan fingerprint density at radius 3 is 2.64 bits per heavy atom. The van der Waals surface area contributed by atoms with Gasteiger partial charge in [-0.25, -0.2) is 4.98 Å². The number of hydrogen-bond acceptors (Lipinski definition) is 5. The second kappa shape index (κ2) is 6.46. The number of rotatable bonds is 3. The number of aliphatic hydroxyl groups excluding tert-OH is 1. The Labute approximate surface area is 132 Å². The van der Waals surface area contributed by atoms with Crippen molar-refractivity contribution in [3.63, 3.8) is 0 Å². The number of aliphatic hydroxyl groups is 1. The van der Waals surface area contributed by atoms with Crippen molar-refractivity contribution in [2.45, 2.75) is 12.8 Å². The number of nitrogens with zero attached hydrogens (tertiary/aromatic N) is 3. The van der Waals surface area contributed by atoms with E-state index in [0.29, 0.717) is 17.6 Å². The van der Waals surface area contributed by atoms with E-state index in [0.717, 1.165) is 31.5 Å². The number of pyridine rings is 1. The monoisotopic (exact) mass is 320 g/mol. The van der Waals surface area contributed by atoms with Crippen LogP contribution in [0.5, 0.6) is 0 Å². The smallest absolute Gasteiger partial charge is 0.272 e. The molecule has 0 radical (unpaired) electrons. The highest BCUT2D eigenvalue weighted by atomic mass is 35.5. The summed E-state index contributed by atoms with van der Waals surface area (Å²) in [5, 5.41) is 9.33. The molecular weight excluding hydrogens is 304 g/mol. The van der Waals surface area contributed by atoms with E-state index in [2.05, 4.69) is 15.0 Å². The molecule has 6 nitrogen and oxygen atoms in total. The van der Waals surface area contributed by atoms with Crippen molar-refractivity contribution in [1.82, 2.24) is 15.0 Å². The molecule has 1 aliphatic rings. The molecule has 7 heteroatoms. The molecule has 116 valence electrons. The van der Waals surface area contributed by atoms with Gasteiger partial charge in [-0.2, -0.15) is 0 Å². The summed E-state index contributed by atoms with van der Waals surface area (Å²) in [5.41, 5.74) is 0.443. The van der Waals surface area contributed by atoms with E-state index in [4.69, 9.17) is 11.6 Å². The molecule has 0 aromatic carbocycles. The maximum Gasteiger partial charge on any atom is 0.272 e. The first-order chi connectivity index (χ1) is 10.7. The van der Waals surface area contributed by atoms with Crippen molar-refractivity contribution >= 4 is 17.4 Å². The summed E-state index contributed by atoms with van der Waals surface area (Å²) < 4.78 is 0. The maximum absolute atomic E-state index is 12.1. The third kappa shape index (κ3) is 2.98. The van der Waals surface area contributed by atoms with Crippen molar-refractivity contribution < 1.29 is 5.11 Å². The highest BCUT2D eigenvalue weighted by Gasteiger charge is 2.23. The van der Waals surface area contributed by atoms with Crippen molar-refractivity contribution in [2.75, 3.05) is 24.6 Å². The number of hydrogen-bond donors (Lipinski definition) is 2. The van der Waals surface area contributed by atoms with Gasteiger partial charge in [0.2, 0.25) is 0 Å². The van der Waals surface area contributed by atoms with Gasteiger partial charge < -0.3 is 15.0 Å². The van der Waals surface area contributed by atoms with E-state index in [1.54, 1.807) is 24.5 Å². The maximum atomic E-state index is 12.1. The molecule has 0 spiro atoms. The van der Waals surface area contributed by atoms with Crippen LogP contribution in [0.25, 0.3) is 11.4 Å². The second-order valence-electron chi connectivity index (χ2n) is 5.40. The van der Waals surface area contributed by atoms with Gasteiger partial charge >= 0.3 is 0 Å². The Morgan fingerprint density at radius 1 is 1.32 bits per heavy atom. The van der Waals surface area contributed by atoms with E-state index >= 15 is 0 Å². The van der Waals surface area contributed by atoms with Gasteiger partial charge in [-0.15, -0.1) is 0 Å². The standard InChI is InChI=1S/C15H17ClN4O2/c16-12-14(20-7-3-10(9-21)4-8-20)18-13(19-15(12)22)11-1-5-17-6-2-11/h1-2,5-6,10,21H,3-4,7-9H2,(H,18,19,22). The van der Waals surface area contributed by atoms with Crippen LogP contribution in [0.1, 0.15) is 12.8 Å². The van der Waals surface area contributed by atoms with Crippen LogP contribution in [-0.2, 0) is 0 Å². The summed E-state index contributed by atoms with van der Waals surface area (Å²) in [6.45, 7) is 1.67. The Morgan fingerprint density at radius 2 is 2.00 bits per heavy atom. The number of anilines is 1. The van der Waals surface area contributed by atoms with Gasteiger partial charge in [0.25, 0.3) is 5.56 Å². The molecule has 0 bridgehead atoms. The molecule has 1 fully saturated rings. The number of piperidine rings is 1. The average molecular weight is 321 g/mol.